The second kappa shape index (κ2) is 10.7. The van der Waals surface area contributed by atoms with Gasteiger partial charge in [0, 0.05) is 21.3 Å². The molecule has 6 nitrogen and oxygen atoms in total. The van der Waals surface area contributed by atoms with E-state index >= 15 is 0 Å². The number of halogens is 3. The molecule has 9 heteroatoms. The molecule has 3 aromatic carbocycles. The lowest BCUT2D eigenvalue weighted by atomic mass is 10.1. The average Bonchev–Trinajstić information content (AvgIpc) is 2.76. The first-order valence-corrected chi connectivity index (χ1v) is 10.2. The minimum absolute atomic E-state index is 0.0993. The van der Waals surface area contributed by atoms with E-state index in [1.165, 1.54) is 24.3 Å². The first-order valence-electron chi connectivity index (χ1n) is 9.40. The van der Waals surface area contributed by atoms with Gasteiger partial charge in [-0.3, -0.25) is 9.59 Å². The van der Waals surface area contributed by atoms with Crippen LogP contribution in [0.1, 0.15) is 18.1 Å². The highest BCUT2D eigenvalue weighted by molar-refractivity contribution is 6.40. The molecule has 2 N–H and O–H groups in total. The van der Waals surface area contributed by atoms with Gasteiger partial charge in [-0.05, 0) is 61.0 Å². The predicted octanol–water partition coefficient (Wildman–Crippen LogP) is 5.19. The number of benzene rings is 3. The number of ether oxygens (including phenoxy) is 1. The number of carbonyl (C=O) groups excluding carboxylic acids is 2. The van der Waals surface area contributed by atoms with E-state index in [1.807, 2.05) is 0 Å². The van der Waals surface area contributed by atoms with Gasteiger partial charge in [0.05, 0.1) is 5.71 Å². The Balaban J connectivity index is 1.55. The zero-order valence-corrected chi connectivity index (χ0v) is 18.4. The molecule has 0 bridgehead atoms. The maximum atomic E-state index is 13.7. The van der Waals surface area contributed by atoms with Gasteiger partial charge in [0.1, 0.15) is 18.2 Å². The summed E-state index contributed by atoms with van der Waals surface area (Å²) >= 11 is 11.7. The Hall–Kier alpha value is -3.42. The third-order valence-corrected chi connectivity index (χ3v) is 4.71. The molecule has 0 fully saturated rings. The summed E-state index contributed by atoms with van der Waals surface area (Å²) in [6.45, 7) is 1.77. The summed E-state index contributed by atoms with van der Waals surface area (Å²) in [5, 5.41) is 6.98. The summed E-state index contributed by atoms with van der Waals surface area (Å²) in [4.78, 5) is 24.0. The van der Waals surface area contributed by atoms with E-state index in [1.54, 1.807) is 49.4 Å². The first kappa shape index (κ1) is 23.2. The summed E-state index contributed by atoms with van der Waals surface area (Å²) in [5.74, 6) is -1.65. The average molecular weight is 474 g/mol. The standard InChI is InChI=1S/C23H18Cl2FN3O3/c1-14(28-29-23(31)22(30)27-19-11-17(24)10-18(25)12-19)15-6-8-20(9-7-15)32-13-16-4-2-3-5-21(16)26/h2-12H,13H2,1H3,(H,27,30)(H,29,31). The molecule has 0 aliphatic rings. The second-order valence-corrected chi connectivity index (χ2v) is 7.53. The van der Waals surface area contributed by atoms with Crippen molar-refractivity contribution in [2.45, 2.75) is 13.5 Å². The van der Waals surface area contributed by atoms with Crippen LogP contribution in [0.2, 0.25) is 10.0 Å². The number of hydrogen-bond donors (Lipinski definition) is 2. The normalized spacial score (nSPS) is 11.1. The monoisotopic (exact) mass is 473 g/mol. The van der Waals surface area contributed by atoms with E-state index < -0.39 is 11.8 Å². The van der Waals surface area contributed by atoms with Crippen LogP contribution in [0, 0.1) is 5.82 Å². The lowest BCUT2D eigenvalue weighted by Gasteiger charge is -2.08. The Labute approximate surface area is 194 Å². The lowest BCUT2D eigenvalue weighted by Crippen LogP contribution is -2.32. The summed E-state index contributed by atoms with van der Waals surface area (Å²) in [6, 6.07) is 17.7. The summed E-state index contributed by atoms with van der Waals surface area (Å²) in [6.07, 6.45) is 0. The largest absolute Gasteiger partial charge is 0.489 e. The van der Waals surface area contributed by atoms with Crippen LogP contribution >= 0.6 is 23.2 Å². The molecule has 164 valence electrons. The zero-order chi connectivity index (χ0) is 23.1. The fourth-order valence-electron chi connectivity index (χ4n) is 2.63. The van der Waals surface area contributed by atoms with Crippen molar-refractivity contribution in [1.82, 2.24) is 5.43 Å². The number of amides is 2. The predicted molar refractivity (Wildman–Crippen MR) is 123 cm³/mol. The van der Waals surface area contributed by atoms with Crippen LogP contribution in [0.15, 0.2) is 71.8 Å². The highest BCUT2D eigenvalue weighted by Gasteiger charge is 2.14. The van der Waals surface area contributed by atoms with Crippen LogP contribution in [0.25, 0.3) is 0 Å². The molecule has 3 aromatic rings. The Morgan fingerprint density at radius 2 is 1.62 bits per heavy atom. The number of nitrogens with one attached hydrogen (secondary N) is 2. The number of hydrogen-bond acceptors (Lipinski definition) is 4. The van der Waals surface area contributed by atoms with Gasteiger partial charge in [0.25, 0.3) is 0 Å². The molecule has 0 spiro atoms. The van der Waals surface area contributed by atoms with Crippen molar-refractivity contribution >= 4 is 46.4 Å². The van der Waals surface area contributed by atoms with Crippen molar-refractivity contribution in [3.05, 3.63) is 93.7 Å². The van der Waals surface area contributed by atoms with Crippen LogP contribution in [0.3, 0.4) is 0 Å². The highest BCUT2D eigenvalue weighted by atomic mass is 35.5. The third-order valence-electron chi connectivity index (χ3n) is 4.28. The number of nitrogens with zero attached hydrogens (tertiary/aromatic N) is 1. The van der Waals surface area contributed by atoms with E-state index in [2.05, 4.69) is 15.8 Å². The van der Waals surface area contributed by atoms with Gasteiger partial charge in [-0.2, -0.15) is 5.10 Å². The fourth-order valence-corrected chi connectivity index (χ4v) is 3.16. The van der Waals surface area contributed by atoms with Crippen LogP contribution in [0.4, 0.5) is 10.1 Å². The minimum atomic E-state index is -0.953. The van der Waals surface area contributed by atoms with Crippen molar-refractivity contribution in [3.63, 3.8) is 0 Å². The lowest BCUT2D eigenvalue weighted by molar-refractivity contribution is -0.136. The molecule has 0 aromatic heterocycles. The van der Waals surface area contributed by atoms with Crippen molar-refractivity contribution < 1.29 is 18.7 Å². The summed E-state index contributed by atoms with van der Waals surface area (Å²) < 4.78 is 19.2. The van der Waals surface area contributed by atoms with Gasteiger partial charge in [-0.25, -0.2) is 9.82 Å². The van der Waals surface area contributed by atoms with E-state index in [-0.39, 0.29) is 18.1 Å². The molecule has 0 radical (unpaired) electrons. The topological polar surface area (TPSA) is 79.8 Å². The smallest absolute Gasteiger partial charge is 0.329 e. The Morgan fingerprint density at radius 3 is 2.28 bits per heavy atom. The molecule has 0 saturated heterocycles. The molecule has 0 atom stereocenters. The number of anilines is 1. The van der Waals surface area contributed by atoms with E-state index in [0.717, 1.165) is 0 Å². The van der Waals surface area contributed by atoms with E-state index in [9.17, 15) is 14.0 Å². The molecular weight excluding hydrogens is 456 g/mol. The van der Waals surface area contributed by atoms with Gasteiger partial charge in [-0.15, -0.1) is 0 Å². The third kappa shape index (κ3) is 6.54. The van der Waals surface area contributed by atoms with Gasteiger partial charge in [0.15, 0.2) is 0 Å². The highest BCUT2D eigenvalue weighted by Crippen LogP contribution is 2.22. The van der Waals surface area contributed by atoms with Gasteiger partial charge >= 0.3 is 11.8 Å². The number of rotatable bonds is 6. The maximum absolute atomic E-state index is 13.7. The fraction of sp³-hybridized carbons (Fsp3) is 0.0870. The van der Waals surface area contributed by atoms with Crippen LogP contribution < -0.4 is 15.5 Å². The first-order chi connectivity index (χ1) is 15.3. The van der Waals surface area contributed by atoms with E-state index in [4.69, 9.17) is 27.9 Å². The van der Waals surface area contributed by atoms with Crippen molar-refractivity contribution in [2.24, 2.45) is 5.10 Å². The van der Waals surface area contributed by atoms with Crippen LogP contribution in [-0.4, -0.2) is 17.5 Å². The molecule has 0 saturated carbocycles. The molecule has 0 unspecified atom stereocenters. The van der Waals surface area contributed by atoms with Crippen molar-refractivity contribution in [2.75, 3.05) is 5.32 Å². The summed E-state index contributed by atoms with van der Waals surface area (Å²) in [7, 11) is 0. The van der Waals surface area contributed by atoms with Gasteiger partial charge in [0.2, 0.25) is 0 Å². The molecular formula is C23H18Cl2FN3O3. The zero-order valence-electron chi connectivity index (χ0n) is 16.9. The van der Waals surface area contributed by atoms with Crippen LogP contribution in [0.5, 0.6) is 5.75 Å². The van der Waals surface area contributed by atoms with E-state index in [0.29, 0.717) is 32.6 Å². The molecule has 3 rings (SSSR count). The van der Waals surface area contributed by atoms with Crippen molar-refractivity contribution in [1.29, 1.82) is 0 Å². The molecule has 2 amide bonds. The Kier molecular flexibility index (Phi) is 7.81. The van der Waals surface area contributed by atoms with Gasteiger partial charge < -0.3 is 10.1 Å². The molecule has 32 heavy (non-hydrogen) atoms. The minimum Gasteiger partial charge on any atom is -0.489 e. The second-order valence-electron chi connectivity index (χ2n) is 6.65. The maximum Gasteiger partial charge on any atom is 0.329 e. The van der Waals surface area contributed by atoms with Gasteiger partial charge in [-0.1, -0.05) is 41.4 Å². The number of hydrazone groups is 1. The van der Waals surface area contributed by atoms with Crippen molar-refractivity contribution in [3.8, 4) is 5.75 Å². The molecule has 0 aliphatic carbocycles. The Morgan fingerprint density at radius 1 is 0.969 bits per heavy atom. The Bertz CT molecular complexity index is 1150. The molecule has 0 aliphatic heterocycles. The molecule has 0 heterocycles. The SMILES string of the molecule is CC(=NNC(=O)C(=O)Nc1cc(Cl)cc(Cl)c1)c1ccc(OCc2ccccc2F)cc1. The number of carbonyl (C=O) groups is 2. The quantitative estimate of drug-likeness (QED) is 0.293. The summed E-state index contributed by atoms with van der Waals surface area (Å²) in [5.41, 5.74) is 4.11. The van der Waals surface area contributed by atoms with Crippen LogP contribution in [-0.2, 0) is 16.2 Å².